The van der Waals surface area contributed by atoms with Gasteiger partial charge in [-0.1, -0.05) is 30.7 Å². The van der Waals surface area contributed by atoms with Gasteiger partial charge in [0, 0.05) is 12.6 Å². The minimum Gasteiger partial charge on any atom is -0.313 e. The minimum absolute atomic E-state index is 0.769. The van der Waals surface area contributed by atoms with Crippen LogP contribution in [0.15, 0.2) is 24.3 Å². The van der Waals surface area contributed by atoms with E-state index in [0.29, 0.717) is 0 Å². The molecule has 1 aromatic rings. The maximum atomic E-state index is 3.73. The number of fused-ring (bicyclic) bond motifs is 1. The highest BCUT2D eigenvalue weighted by molar-refractivity contribution is 5.32. The van der Waals surface area contributed by atoms with Crippen LogP contribution in [-0.2, 0) is 6.42 Å². The fraction of sp³-hybridized carbons (Fsp3) is 0.600. The van der Waals surface area contributed by atoms with E-state index in [1.165, 1.54) is 45.1 Å². The molecule has 0 amide bonds. The average Bonchev–Trinajstić information content (AvgIpc) is 2.27. The normalized spacial score (nSPS) is 24.9. The molecule has 2 aliphatic carbocycles. The number of aryl methyl sites for hydroxylation is 1. The van der Waals surface area contributed by atoms with Crippen molar-refractivity contribution >= 4 is 0 Å². The summed E-state index contributed by atoms with van der Waals surface area (Å²) in [5.41, 5.74) is 3.20. The highest BCUT2D eigenvalue weighted by Crippen LogP contribution is 2.31. The van der Waals surface area contributed by atoms with Crippen molar-refractivity contribution in [2.24, 2.45) is 0 Å². The van der Waals surface area contributed by atoms with Crippen LogP contribution < -0.4 is 5.32 Å². The van der Waals surface area contributed by atoms with Crippen molar-refractivity contribution in [3.8, 4) is 0 Å². The van der Waals surface area contributed by atoms with Gasteiger partial charge in [0.25, 0.3) is 0 Å². The molecule has 0 heterocycles. The van der Waals surface area contributed by atoms with Gasteiger partial charge in [0.05, 0.1) is 0 Å². The quantitative estimate of drug-likeness (QED) is 0.816. The van der Waals surface area contributed by atoms with Crippen LogP contribution in [0, 0.1) is 0 Å². The maximum absolute atomic E-state index is 3.73. The molecule has 1 unspecified atom stereocenters. The molecular weight excluding hydrogens is 194 g/mol. The van der Waals surface area contributed by atoms with Gasteiger partial charge in [-0.3, -0.25) is 0 Å². The predicted molar refractivity (Wildman–Crippen MR) is 67.8 cm³/mol. The van der Waals surface area contributed by atoms with Gasteiger partial charge in [0.1, 0.15) is 0 Å². The van der Waals surface area contributed by atoms with Crippen molar-refractivity contribution in [1.29, 1.82) is 0 Å². The largest absolute Gasteiger partial charge is 0.313 e. The molecule has 1 nitrogen and oxygen atoms in total. The third-order valence-electron chi connectivity index (χ3n) is 4.25. The Hall–Kier alpha value is -0.820. The molecule has 0 spiro atoms. The predicted octanol–water partition coefficient (Wildman–Crippen LogP) is 3.25. The maximum Gasteiger partial charge on any atom is 0.00673 e. The van der Waals surface area contributed by atoms with E-state index in [2.05, 4.69) is 29.6 Å². The van der Waals surface area contributed by atoms with Gasteiger partial charge >= 0.3 is 0 Å². The van der Waals surface area contributed by atoms with Crippen molar-refractivity contribution in [2.75, 3.05) is 6.54 Å². The van der Waals surface area contributed by atoms with E-state index in [4.69, 9.17) is 0 Å². The van der Waals surface area contributed by atoms with Crippen LogP contribution in [0.5, 0.6) is 0 Å². The first-order valence-electron chi connectivity index (χ1n) is 6.74. The molecule has 2 aliphatic rings. The zero-order valence-corrected chi connectivity index (χ0v) is 9.91. The molecular formula is C15H21N. The lowest BCUT2D eigenvalue weighted by Gasteiger charge is -2.31. The molecule has 0 aromatic heterocycles. The fourth-order valence-electron chi connectivity index (χ4n) is 2.99. The number of hydrogen-bond donors (Lipinski definition) is 1. The third-order valence-corrected chi connectivity index (χ3v) is 4.25. The Kier molecular flexibility index (Phi) is 2.96. The van der Waals surface area contributed by atoms with Gasteiger partial charge in [0.2, 0.25) is 0 Å². The van der Waals surface area contributed by atoms with Crippen molar-refractivity contribution in [1.82, 2.24) is 5.32 Å². The SMILES string of the molecule is c1ccc2c(c1)CCCC2CNC1CCC1. The first-order valence-corrected chi connectivity index (χ1v) is 6.74. The second-order valence-electron chi connectivity index (χ2n) is 5.32. The standard InChI is InChI=1S/C15H21N/c1-2-10-15-12(5-1)6-3-7-13(15)11-16-14-8-4-9-14/h1-2,5,10,13-14,16H,3-4,6-9,11H2. The smallest absolute Gasteiger partial charge is 0.00673 e. The van der Waals surface area contributed by atoms with Crippen molar-refractivity contribution in [3.05, 3.63) is 35.4 Å². The Morgan fingerprint density at radius 3 is 2.75 bits per heavy atom. The van der Waals surface area contributed by atoms with Crippen LogP contribution >= 0.6 is 0 Å². The van der Waals surface area contributed by atoms with Crippen LogP contribution in [0.2, 0.25) is 0 Å². The summed E-state index contributed by atoms with van der Waals surface area (Å²) >= 11 is 0. The van der Waals surface area contributed by atoms with Gasteiger partial charge < -0.3 is 5.32 Å². The first-order chi connectivity index (χ1) is 7.93. The Bertz CT molecular complexity index is 354. The molecule has 0 saturated heterocycles. The van der Waals surface area contributed by atoms with Crippen molar-refractivity contribution in [3.63, 3.8) is 0 Å². The lowest BCUT2D eigenvalue weighted by atomic mass is 9.82. The molecule has 1 saturated carbocycles. The Morgan fingerprint density at radius 2 is 1.94 bits per heavy atom. The molecule has 0 bridgehead atoms. The second-order valence-corrected chi connectivity index (χ2v) is 5.32. The van der Waals surface area contributed by atoms with Crippen LogP contribution in [0.4, 0.5) is 0 Å². The second kappa shape index (κ2) is 4.58. The lowest BCUT2D eigenvalue weighted by Crippen LogP contribution is -2.38. The average molecular weight is 215 g/mol. The summed E-state index contributed by atoms with van der Waals surface area (Å²) in [6.45, 7) is 1.20. The van der Waals surface area contributed by atoms with E-state index >= 15 is 0 Å². The zero-order chi connectivity index (χ0) is 10.8. The van der Waals surface area contributed by atoms with Crippen LogP contribution in [0.1, 0.15) is 49.1 Å². The molecule has 1 fully saturated rings. The summed E-state index contributed by atoms with van der Waals surface area (Å²) in [4.78, 5) is 0. The van der Waals surface area contributed by atoms with Crippen LogP contribution in [0.3, 0.4) is 0 Å². The van der Waals surface area contributed by atoms with E-state index in [-0.39, 0.29) is 0 Å². The van der Waals surface area contributed by atoms with E-state index in [9.17, 15) is 0 Å². The molecule has 1 heteroatoms. The third kappa shape index (κ3) is 2.01. The van der Waals surface area contributed by atoms with E-state index in [0.717, 1.165) is 12.0 Å². The summed E-state index contributed by atoms with van der Waals surface area (Å²) in [5, 5.41) is 3.73. The molecule has 0 aliphatic heterocycles. The van der Waals surface area contributed by atoms with Gasteiger partial charge in [-0.15, -0.1) is 0 Å². The molecule has 3 rings (SSSR count). The summed E-state index contributed by atoms with van der Waals surface area (Å²) in [7, 11) is 0. The van der Waals surface area contributed by atoms with Crippen molar-refractivity contribution < 1.29 is 0 Å². The molecule has 86 valence electrons. The van der Waals surface area contributed by atoms with Gasteiger partial charge in [-0.05, 0) is 49.1 Å². The zero-order valence-electron chi connectivity index (χ0n) is 9.91. The molecule has 1 N–H and O–H groups in total. The Labute approximate surface area is 98.3 Å². The van der Waals surface area contributed by atoms with E-state index < -0.39 is 0 Å². The van der Waals surface area contributed by atoms with Crippen molar-refractivity contribution in [2.45, 2.75) is 50.5 Å². The lowest BCUT2D eigenvalue weighted by molar-refractivity contribution is 0.326. The number of rotatable bonds is 3. The Morgan fingerprint density at radius 1 is 1.06 bits per heavy atom. The minimum atomic E-state index is 0.769. The van der Waals surface area contributed by atoms with Crippen LogP contribution in [-0.4, -0.2) is 12.6 Å². The van der Waals surface area contributed by atoms with Gasteiger partial charge in [0.15, 0.2) is 0 Å². The number of hydrogen-bond acceptors (Lipinski definition) is 1. The topological polar surface area (TPSA) is 12.0 Å². The summed E-state index contributed by atoms with van der Waals surface area (Å²) < 4.78 is 0. The first kappa shape index (κ1) is 10.3. The Balaban J connectivity index is 1.66. The van der Waals surface area contributed by atoms with E-state index in [1.807, 2.05) is 0 Å². The van der Waals surface area contributed by atoms with Gasteiger partial charge in [-0.2, -0.15) is 0 Å². The van der Waals surface area contributed by atoms with Gasteiger partial charge in [-0.25, -0.2) is 0 Å². The number of benzene rings is 1. The summed E-state index contributed by atoms with van der Waals surface area (Å²) in [6.07, 6.45) is 8.25. The highest BCUT2D eigenvalue weighted by atomic mass is 14.9. The molecule has 16 heavy (non-hydrogen) atoms. The molecule has 1 atom stereocenters. The van der Waals surface area contributed by atoms with E-state index in [1.54, 1.807) is 11.1 Å². The fourth-order valence-corrected chi connectivity index (χ4v) is 2.99. The number of nitrogens with one attached hydrogen (secondary N) is 1. The molecule has 1 aromatic carbocycles. The highest BCUT2D eigenvalue weighted by Gasteiger charge is 2.22. The molecule has 0 radical (unpaired) electrons. The monoisotopic (exact) mass is 215 g/mol. The van der Waals surface area contributed by atoms with Crippen LogP contribution in [0.25, 0.3) is 0 Å². The summed E-state index contributed by atoms with van der Waals surface area (Å²) in [5.74, 6) is 0.769. The summed E-state index contributed by atoms with van der Waals surface area (Å²) in [6, 6.07) is 9.85.